The number of thiol groups is 1. The molecule has 2 aromatic rings. The van der Waals surface area contributed by atoms with Crippen LogP contribution in [-0.4, -0.2) is 41.4 Å². The van der Waals surface area contributed by atoms with Gasteiger partial charge in [-0.1, -0.05) is 43.1 Å². The van der Waals surface area contributed by atoms with Gasteiger partial charge in [-0.15, -0.1) is 0 Å². The molecule has 0 aromatic heterocycles. The van der Waals surface area contributed by atoms with Gasteiger partial charge in [0.15, 0.2) is 0 Å². The summed E-state index contributed by atoms with van der Waals surface area (Å²) in [6, 6.07) is 12.2. The molecule has 2 aliphatic heterocycles. The molecule has 2 aliphatic rings. The second-order valence-corrected chi connectivity index (χ2v) is 9.13. The highest BCUT2D eigenvalue weighted by atomic mass is 32.1. The maximum Gasteiger partial charge on any atom is 0.416 e. The number of hydrogen-bond donors (Lipinski definition) is 1. The molecule has 2 heterocycles. The Morgan fingerprint density at radius 3 is 2.50 bits per heavy atom. The summed E-state index contributed by atoms with van der Waals surface area (Å²) in [6.45, 7) is 1.50. The van der Waals surface area contributed by atoms with Crippen LogP contribution in [0.15, 0.2) is 42.5 Å². The fourth-order valence-electron chi connectivity index (χ4n) is 5.56. The largest absolute Gasteiger partial charge is 0.496 e. The first kappa shape index (κ1) is 23.0. The fraction of sp³-hybridized carbons (Fsp3) is 0.458. The first-order valence-corrected chi connectivity index (χ1v) is 11.1. The monoisotopic (exact) mass is 464 g/mol. The molecule has 3 unspecified atom stereocenters. The Kier molecular flexibility index (Phi) is 5.96. The number of likely N-dealkylation sites (N-methyl/N-ethyl adjacent to an activating group) is 1. The zero-order valence-electron chi connectivity index (χ0n) is 18.3. The Bertz CT molecular complexity index is 1010. The summed E-state index contributed by atoms with van der Waals surface area (Å²) in [7, 11) is 3.35. The Balaban J connectivity index is 1.83. The summed E-state index contributed by atoms with van der Waals surface area (Å²) >= 11 is 4.74. The number of hydrogen-bond acceptors (Lipinski definition) is 4. The van der Waals surface area contributed by atoms with E-state index < -0.39 is 23.2 Å². The number of amides is 1. The fourth-order valence-corrected chi connectivity index (χ4v) is 6.01. The average Bonchev–Trinajstić information content (AvgIpc) is 3.01. The van der Waals surface area contributed by atoms with Crippen LogP contribution in [0.2, 0.25) is 0 Å². The molecule has 2 saturated heterocycles. The molecule has 3 atom stereocenters. The third-order valence-electron chi connectivity index (χ3n) is 7.16. The quantitative estimate of drug-likeness (QED) is 0.610. The minimum atomic E-state index is -4.53. The van der Waals surface area contributed by atoms with Gasteiger partial charge in [-0.25, -0.2) is 0 Å². The van der Waals surface area contributed by atoms with Crippen molar-refractivity contribution in [3.8, 4) is 5.75 Å². The van der Waals surface area contributed by atoms with Crippen LogP contribution in [0.25, 0.3) is 0 Å². The molecule has 2 aromatic carbocycles. The predicted octanol–water partition coefficient (Wildman–Crippen LogP) is 5.46. The summed E-state index contributed by atoms with van der Waals surface area (Å²) in [4.78, 5) is 16.2. The second kappa shape index (κ2) is 8.30. The number of piperidine rings is 1. The van der Waals surface area contributed by atoms with E-state index in [2.05, 4.69) is 11.9 Å². The van der Waals surface area contributed by atoms with Crippen molar-refractivity contribution >= 4 is 18.7 Å². The minimum Gasteiger partial charge on any atom is -0.496 e. The standard InChI is InChI=1S/C24H27F3N2O2S/c1-15-13-17(24(25,26)27)14-19(31-3)21(15)22(30)29(32)23(16-7-5-4-6-8-16)12-11-18-9-10-20(23)28(18)2/h4-8,13-14,18,20,32H,9-12H2,1-3H3. The summed E-state index contributed by atoms with van der Waals surface area (Å²) in [5.41, 5.74) is -0.262. The highest BCUT2D eigenvalue weighted by molar-refractivity contribution is 7.78. The van der Waals surface area contributed by atoms with Gasteiger partial charge in [0, 0.05) is 12.1 Å². The second-order valence-electron chi connectivity index (χ2n) is 8.73. The van der Waals surface area contributed by atoms with Crippen LogP contribution in [0.3, 0.4) is 0 Å². The summed E-state index contributed by atoms with van der Waals surface area (Å²) in [6.07, 6.45) is -0.919. The number of nitrogens with zero attached hydrogens (tertiary/aromatic N) is 2. The lowest BCUT2D eigenvalue weighted by atomic mass is 9.76. The lowest BCUT2D eigenvalue weighted by Crippen LogP contribution is -2.60. The molecule has 0 saturated carbocycles. The van der Waals surface area contributed by atoms with Crippen molar-refractivity contribution in [2.45, 2.75) is 56.4 Å². The number of rotatable bonds is 4. The maximum absolute atomic E-state index is 13.8. The molecule has 2 fully saturated rings. The van der Waals surface area contributed by atoms with Crippen molar-refractivity contribution < 1.29 is 22.7 Å². The molecule has 4 rings (SSSR count). The first-order valence-electron chi connectivity index (χ1n) is 10.7. The van der Waals surface area contributed by atoms with Crippen molar-refractivity contribution in [3.63, 3.8) is 0 Å². The third-order valence-corrected chi connectivity index (χ3v) is 7.69. The lowest BCUT2D eigenvalue weighted by molar-refractivity contribution is -0.137. The van der Waals surface area contributed by atoms with E-state index in [0.717, 1.165) is 43.4 Å². The summed E-state index contributed by atoms with van der Waals surface area (Å²) < 4.78 is 46.7. The number of aryl methyl sites for hydroxylation is 1. The van der Waals surface area contributed by atoms with E-state index in [1.807, 2.05) is 30.3 Å². The van der Waals surface area contributed by atoms with Crippen LogP contribution in [0.1, 0.15) is 52.7 Å². The lowest BCUT2D eigenvalue weighted by Gasteiger charge is -2.52. The van der Waals surface area contributed by atoms with Crippen LogP contribution in [0.5, 0.6) is 5.75 Å². The molecule has 8 heteroatoms. The Morgan fingerprint density at radius 1 is 1.19 bits per heavy atom. The molecule has 4 nitrogen and oxygen atoms in total. The van der Waals surface area contributed by atoms with Crippen LogP contribution in [0.4, 0.5) is 13.2 Å². The number of benzene rings is 2. The van der Waals surface area contributed by atoms with Crippen LogP contribution < -0.4 is 4.74 Å². The van der Waals surface area contributed by atoms with Crippen molar-refractivity contribution in [3.05, 3.63) is 64.7 Å². The minimum absolute atomic E-state index is 0.0610. The van der Waals surface area contributed by atoms with Gasteiger partial charge < -0.3 is 4.74 Å². The van der Waals surface area contributed by atoms with E-state index >= 15 is 0 Å². The highest BCUT2D eigenvalue weighted by Crippen LogP contribution is 2.51. The van der Waals surface area contributed by atoms with Crippen LogP contribution >= 0.6 is 12.8 Å². The molecule has 0 radical (unpaired) electrons. The van der Waals surface area contributed by atoms with Gasteiger partial charge in [0.25, 0.3) is 5.91 Å². The summed E-state index contributed by atoms with van der Waals surface area (Å²) in [5, 5.41) is 0. The zero-order valence-corrected chi connectivity index (χ0v) is 19.2. The number of halogens is 3. The zero-order chi connectivity index (χ0) is 23.3. The van der Waals surface area contributed by atoms with E-state index in [-0.39, 0.29) is 22.9 Å². The number of carbonyl (C=O) groups is 1. The van der Waals surface area contributed by atoms with E-state index in [1.165, 1.54) is 18.3 Å². The van der Waals surface area contributed by atoms with Gasteiger partial charge in [0.1, 0.15) is 5.75 Å². The number of alkyl halides is 3. The average molecular weight is 465 g/mol. The van der Waals surface area contributed by atoms with Gasteiger partial charge in [-0.05, 0) is 62.9 Å². The van der Waals surface area contributed by atoms with Gasteiger partial charge in [-0.3, -0.25) is 14.0 Å². The van der Waals surface area contributed by atoms with Gasteiger partial charge in [0.2, 0.25) is 0 Å². The third kappa shape index (κ3) is 3.57. The molecule has 1 amide bonds. The Hall–Kier alpha value is -2.19. The van der Waals surface area contributed by atoms with Crippen molar-refractivity contribution in [1.82, 2.24) is 9.21 Å². The first-order chi connectivity index (χ1) is 15.1. The van der Waals surface area contributed by atoms with E-state index in [9.17, 15) is 18.0 Å². The van der Waals surface area contributed by atoms with Gasteiger partial charge >= 0.3 is 6.18 Å². The van der Waals surface area contributed by atoms with E-state index in [4.69, 9.17) is 17.6 Å². The topological polar surface area (TPSA) is 32.8 Å². The molecule has 0 N–H and O–H groups in total. The van der Waals surface area contributed by atoms with Crippen LogP contribution in [-0.2, 0) is 11.7 Å². The van der Waals surface area contributed by atoms with E-state index in [1.54, 1.807) is 0 Å². The predicted molar refractivity (Wildman–Crippen MR) is 120 cm³/mol. The molecule has 32 heavy (non-hydrogen) atoms. The molecule has 0 aliphatic carbocycles. The van der Waals surface area contributed by atoms with E-state index in [0.29, 0.717) is 6.04 Å². The van der Waals surface area contributed by atoms with Crippen molar-refractivity contribution in [1.29, 1.82) is 0 Å². The smallest absolute Gasteiger partial charge is 0.416 e. The number of ether oxygens (including phenoxy) is 1. The number of carbonyl (C=O) groups excluding carboxylic acids is 1. The van der Waals surface area contributed by atoms with Gasteiger partial charge in [-0.2, -0.15) is 13.2 Å². The van der Waals surface area contributed by atoms with Crippen molar-refractivity contribution in [2.24, 2.45) is 0 Å². The maximum atomic E-state index is 13.8. The summed E-state index contributed by atoms with van der Waals surface area (Å²) in [5.74, 6) is -0.558. The number of methoxy groups -OCH3 is 1. The normalized spacial score (nSPS) is 25.6. The molecule has 2 bridgehead atoms. The Morgan fingerprint density at radius 2 is 1.88 bits per heavy atom. The van der Waals surface area contributed by atoms with Crippen LogP contribution in [0, 0.1) is 6.92 Å². The molecular weight excluding hydrogens is 437 g/mol. The van der Waals surface area contributed by atoms with Gasteiger partial charge in [0.05, 0.1) is 23.8 Å². The van der Waals surface area contributed by atoms with Crippen molar-refractivity contribution in [2.75, 3.05) is 14.2 Å². The SMILES string of the molecule is COc1cc(C(F)(F)F)cc(C)c1C(=O)N(S)C1(c2ccccc2)CCC2CCC1N2C. The molecular formula is C24H27F3N2O2S. The molecule has 172 valence electrons. The number of fused-ring (bicyclic) bond motifs is 2. The highest BCUT2D eigenvalue weighted by Gasteiger charge is 2.55. The Labute approximate surface area is 191 Å². The molecule has 0 spiro atoms.